The van der Waals surface area contributed by atoms with Crippen molar-refractivity contribution in [3.63, 3.8) is 0 Å². The fraction of sp³-hybridized carbons (Fsp3) is 0.458. The molecule has 3 aliphatic heterocycles. The summed E-state index contributed by atoms with van der Waals surface area (Å²) in [6.07, 6.45) is -3.32. The number of rotatable bonds is 5. The first-order chi connectivity index (χ1) is 16.7. The van der Waals surface area contributed by atoms with Gasteiger partial charge in [-0.05, 0) is 30.2 Å². The highest BCUT2D eigenvalue weighted by molar-refractivity contribution is 7.10. The summed E-state index contributed by atoms with van der Waals surface area (Å²) in [5.74, 6) is -0.912. The van der Waals surface area contributed by atoms with Crippen LogP contribution in [0.5, 0.6) is 0 Å². The normalized spacial score (nSPS) is 21.1. The molecule has 0 N–H and O–H groups in total. The molecule has 0 saturated carbocycles. The zero-order valence-electron chi connectivity index (χ0n) is 19.1. The first-order valence-electron chi connectivity index (χ1n) is 11.6. The summed E-state index contributed by atoms with van der Waals surface area (Å²) in [5.41, 5.74) is 2.97. The van der Waals surface area contributed by atoms with Crippen LogP contribution in [-0.2, 0) is 16.0 Å². The van der Waals surface area contributed by atoms with Crippen LogP contribution in [0.3, 0.4) is 0 Å². The van der Waals surface area contributed by atoms with Crippen LogP contribution in [0.2, 0.25) is 0 Å². The van der Waals surface area contributed by atoms with E-state index in [0.717, 1.165) is 48.1 Å². The Balaban J connectivity index is 1.21. The Morgan fingerprint density at radius 2 is 1.94 bits per heavy atom. The van der Waals surface area contributed by atoms with Crippen molar-refractivity contribution < 1.29 is 22.8 Å². The van der Waals surface area contributed by atoms with Gasteiger partial charge in [0.2, 0.25) is 11.8 Å². The lowest BCUT2D eigenvalue weighted by Gasteiger charge is -2.39. The van der Waals surface area contributed by atoms with Crippen LogP contribution in [-0.4, -0.2) is 78.1 Å². The Kier molecular flexibility index (Phi) is 6.30. The van der Waals surface area contributed by atoms with Gasteiger partial charge in [-0.25, -0.2) is 4.98 Å². The summed E-state index contributed by atoms with van der Waals surface area (Å²) in [6, 6.07) is 5.34. The Hall–Kier alpha value is -2.92. The van der Waals surface area contributed by atoms with Crippen molar-refractivity contribution in [3.05, 3.63) is 46.9 Å². The second kappa shape index (κ2) is 9.27. The predicted molar refractivity (Wildman–Crippen MR) is 128 cm³/mol. The second-order valence-corrected chi connectivity index (χ2v) is 9.96. The van der Waals surface area contributed by atoms with Gasteiger partial charge in [0.25, 0.3) is 0 Å². The number of carbonyl (C=O) groups excluding carboxylic acids is 2. The molecule has 2 aromatic rings. The van der Waals surface area contributed by atoms with Gasteiger partial charge in [0, 0.05) is 74.7 Å². The number of anilines is 2. The zero-order chi connectivity index (χ0) is 24.7. The minimum Gasteiger partial charge on any atom is -0.367 e. The van der Waals surface area contributed by atoms with E-state index in [0.29, 0.717) is 25.1 Å². The van der Waals surface area contributed by atoms with Crippen molar-refractivity contribution in [3.8, 4) is 0 Å². The number of amides is 2. The Morgan fingerprint density at radius 3 is 2.63 bits per heavy atom. The van der Waals surface area contributed by atoms with Crippen LogP contribution >= 0.6 is 11.3 Å². The highest BCUT2D eigenvalue weighted by atomic mass is 32.1. The molecule has 11 heteroatoms. The van der Waals surface area contributed by atoms with Crippen molar-refractivity contribution in [2.75, 3.05) is 49.1 Å². The highest BCUT2D eigenvalue weighted by Gasteiger charge is 2.38. The molecular formula is C24H26F3N5O2S. The number of carbonyl (C=O) groups is 2. The second-order valence-electron chi connectivity index (χ2n) is 9.07. The number of piperazine rings is 1. The van der Waals surface area contributed by atoms with Crippen LogP contribution in [0.15, 0.2) is 36.4 Å². The van der Waals surface area contributed by atoms with E-state index in [-0.39, 0.29) is 18.5 Å². The molecule has 2 amide bonds. The molecule has 0 bridgehead atoms. The molecule has 0 radical (unpaired) electrons. The summed E-state index contributed by atoms with van der Waals surface area (Å²) in [4.78, 5) is 36.8. The maximum absolute atomic E-state index is 12.9. The third-order valence-electron chi connectivity index (χ3n) is 6.92. The molecule has 35 heavy (non-hydrogen) atoms. The Morgan fingerprint density at radius 1 is 1.17 bits per heavy atom. The fourth-order valence-electron chi connectivity index (χ4n) is 5.12. The van der Waals surface area contributed by atoms with Gasteiger partial charge in [-0.15, -0.1) is 11.3 Å². The third-order valence-corrected chi connectivity index (χ3v) is 7.74. The molecule has 1 aromatic carbocycles. The van der Waals surface area contributed by atoms with Crippen LogP contribution in [0.25, 0.3) is 5.70 Å². The lowest BCUT2D eigenvalue weighted by molar-refractivity contribution is -0.151. The van der Waals surface area contributed by atoms with E-state index in [2.05, 4.69) is 21.4 Å². The molecule has 1 unspecified atom stereocenters. The number of hydrogen-bond acceptors (Lipinski definition) is 6. The molecule has 0 spiro atoms. The summed E-state index contributed by atoms with van der Waals surface area (Å²) in [7, 11) is 0. The average molecular weight is 506 g/mol. The first kappa shape index (κ1) is 23.8. The van der Waals surface area contributed by atoms with Crippen molar-refractivity contribution in [2.24, 2.45) is 0 Å². The molecule has 5 rings (SSSR count). The van der Waals surface area contributed by atoms with E-state index < -0.39 is 18.5 Å². The number of hydrogen-bond donors (Lipinski definition) is 0. The van der Waals surface area contributed by atoms with Crippen molar-refractivity contribution in [2.45, 2.75) is 31.5 Å². The zero-order valence-corrected chi connectivity index (χ0v) is 19.9. The smallest absolute Gasteiger partial charge is 0.367 e. The molecule has 1 atom stereocenters. The molecule has 7 nitrogen and oxygen atoms in total. The number of thiazole rings is 1. The van der Waals surface area contributed by atoms with E-state index in [1.807, 2.05) is 11.4 Å². The molecule has 1 aromatic heterocycles. The number of fused-ring (bicyclic) bond motifs is 1. The predicted octanol–water partition coefficient (Wildman–Crippen LogP) is 3.38. The Labute approximate surface area is 205 Å². The minimum absolute atomic E-state index is 0.0348. The van der Waals surface area contributed by atoms with Crippen LogP contribution in [0.1, 0.15) is 23.4 Å². The average Bonchev–Trinajstić information content (AvgIpc) is 3.57. The van der Waals surface area contributed by atoms with Gasteiger partial charge in [-0.2, -0.15) is 13.2 Å². The monoisotopic (exact) mass is 505 g/mol. The van der Waals surface area contributed by atoms with Crippen molar-refractivity contribution in [1.29, 1.82) is 0 Å². The maximum atomic E-state index is 12.9. The van der Waals surface area contributed by atoms with Gasteiger partial charge >= 0.3 is 6.18 Å². The van der Waals surface area contributed by atoms with Crippen molar-refractivity contribution >= 4 is 40.2 Å². The molecule has 4 heterocycles. The molecule has 186 valence electrons. The van der Waals surface area contributed by atoms with E-state index in [9.17, 15) is 22.8 Å². The number of alkyl halides is 3. The molecule has 2 fully saturated rings. The number of nitrogens with zero attached hydrogens (tertiary/aromatic N) is 5. The van der Waals surface area contributed by atoms with Crippen LogP contribution in [0.4, 0.5) is 24.5 Å². The lowest BCUT2D eigenvalue weighted by Crippen LogP contribution is -2.50. The fourth-order valence-corrected chi connectivity index (χ4v) is 5.76. The maximum Gasteiger partial charge on any atom is 0.397 e. The highest BCUT2D eigenvalue weighted by Crippen LogP contribution is 2.35. The quantitative estimate of drug-likeness (QED) is 0.624. The number of benzene rings is 1. The third kappa shape index (κ3) is 4.92. The van der Waals surface area contributed by atoms with Crippen LogP contribution in [0, 0.1) is 0 Å². The standard InChI is InChI=1S/C24H26F3N5O2S/c1-16(23-28-5-11-35-23)29-7-9-30(10-8-29)19-13-21(33)32(15-19)18-2-3-20-17(12-18)4-6-31(20)22(34)14-24(25,26)27/h2-3,5,11-12,19H,1,4,6-10,13-15H2. The molecule has 3 aliphatic rings. The summed E-state index contributed by atoms with van der Waals surface area (Å²) in [5, 5.41) is 2.86. The van der Waals surface area contributed by atoms with Crippen molar-refractivity contribution in [1.82, 2.24) is 14.8 Å². The van der Waals surface area contributed by atoms with E-state index >= 15 is 0 Å². The van der Waals surface area contributed by atoms with E-state index in [4.69, 9.17) is 0 Å². The number of halogens is 3. The molecule has 0 aliphatic carbocycles. The number of aromatic nitrogens is 1. The molecular weight excluding hydrogens is 479 g/mol. The molecule has 2 saturated heterocycles. The summed E-state index contributed by atoms with van der Waals surface area (Å²) in [6.45, 7) is 8.28. The largest absolute Gasteiger partial charge is 0.397 e. The van der Waals surface area contributed by atoms with Gasteiger partial charge in [-0.1, -0.05) is 6.58 Å². The van der Waals surface area contributed by atoms with E-state index in [1.165, 1.54) is 4.90 Å². The van der Waals surface area contributed by atoms with Gasteiger partial charge < -0.3 is 14.7 Å². The SMILES string of the molecule is C=C(c1nccs1)N1CCN(C2CC(=O)N(c3ccc4c(c3)CCN4C(=O)CC(F)(F)F)C2)CC1. The van der Waals surface area contributed by atoms with Gasteiger partial charge in [0.15, 0.2) is 0 Å². The van der Waals surface area contributed by atoms with Gasteiger partial charge in [0.05, 0.1) is 5.70 Å². The van der Waals surface area contributed by atoms with Gasteiger partial charge in [0.1, 0.15) is 11.4 Å². The lowest BCUT2D eigenvalue weighted by atomic mass is 10.1. The summed E-state index contributed by atoms with van der Waals surface area (Å²) < 4.78 is 38.0. The van der Waals surface area contributed by atoms with Gasteiger partial charge in [-0.3, -0.25) is 14.5 Å². The van der Waals surface area contributed by atoms with Crippen LogP contribution < -0.4 is 9.80 Å². The van der Waals surface area contributed by atoms with E-state index in [1.54, 1.807) is 34.6 Å². The summed E-state index contributed by atoms with van der Waals surface area (Å²) >= 11 is 1.57. The Bertz CT molecular complexity index is 1130. The topological polar surface area (TPSA) is 60.0 Å². The first-order valence-corrected chi connectivity index (χ1v) is 12.5. The minimum atomic E-state index is -4.53.